The van der Waals surface area contributed by atoms with Crippen molar-refractivity contribution in [2.24, 2.45) is 0 Å². The molecule has 2 aromatic rings. The molecule has 0 N–H and O–H groups in total. The van der Waals surface area contributed by atoms with Crippen LogP contribution in [0, 0.1) is 18.6 Å². The Bertz CT molecular complexity index is 605. The van der Waals surface area contributed by atoms with Crippen LogP contribution < -0.4 is 5.56 Å². The minimum atomic E-state index is -0.514. The minimum absolute atomic E-state index is 0.0319. The molecule has 0 atom stereocenters. The lowest BCUT2D eigenvalue weighted by atomic mass is 10.2. The third-order valence-electron chi connectivity index (χ3n) is 2.56. The van der Waals surface area contributed by atoms with Crippen LogP contribution in [0.5, 0.6) is 0 Å². The van der Waals surface area contributed by atoms with Gasteiger partial charge in [-0.3, -0.25) is 4.79 Å². The van der Waals surface area contributed by atoms with E-state index in [1.807, 2.05) is 0 Å². The highest BCUT2D eigenvalue weighted by Gasteiger charge is 2.06. The SMILES string of the molecule is Cc1cccn(Cc2cc(F)ccc2F)c1=O. The summed E-state index contributed by atoms with van der Waals surface area (Å²) in [4.78, 5) is 11.7. The van der Waals surface area contributed by atoms with Gasteiger partial charge in [-0.05, 0) is 31.2 Å². The maximum atomic E-state index is 13.4. The fraction of sp³-hybridized carbons (Fsp3) is 0.154. The monoisotopic (exact) mass is 235 g/mol. The molecular weight excluding hydrogens is 224 g/mol. The smallest absolute Gasteiger partial charge is 0.253 e. The van der Waals surface area contributed by atoms with Crippen molar-refractivity contribution in [3.63, 3.8) is 0 Å². The molecule has 88 valence electrons. The van der Waals surface area contributed by atoms with Crippen LogP contribution in [0.15, 0.2) is 41.3 Å². The molecule has 0 aliphatic carbocycles. The molecule has 0 saturated carbocycles. The van der Waals surface area contributed by atoms with Gasteiger partial charge in [-0.25, -0.2) is 8.78 Å². The Labute approximate surface area is 97.1 Å². The van der Waals surface area contributed by atoms with Crippen LogP contribution in [0.2, 0.25) is 0 Å². The van der Waals surface area contributed by atoms with E-state index in [1.165, 1.54) is 4.57 Å². The molecule has 0 unspecified atom stereocenters. The molecule has 0 aliphatic rings. The highest BCUT2D eigenvalue weighted by atomic mass is 19.1. The van der Waals surface area contributed by atoms with Crippen molar-refractivity contribution in [3.05, 3.63) is 69.6 Å². The van der Waals surface area contributed by atoms with Crippen LogP contribution in [0.1, 0.15) is 11.1 Å². The van der Waals surface area contributed by atoms with E-state index in [2.05, 4.69) is 0 Å². The molecule has 1 aromatic heterocycles. The number of pyridine rings is 1. The lowest BCUT2D eigenvalue weighted by Crippen LogP contribution is -2.22. The largest absolute Gasteiger partial charge is 0.311 e. The normalized spacial score (nSPS) is 10.5. The predicted octanol–water partition coefficient (Wildman–Crippen LogP) is 2.48. The molecule has 0 aliphatic heterocycles. The van der Waals surface area contributed by atoms with Gasteiger partial charge in [0.05, 0.1) is 6.54 Å². The summed E-state index contributed by atoms with van der Waals surface area (Å²) in [5.74, 6) is -1.03. The number of rotatable bonds is 2. The zero-order valence-corrected chi connectivity index (χ0v) is 9.28. The molecule has 0 bridgehead atoms. The molecule has 0 amide bonds. The summed E-state index contributed by atoms with van der Waals surface area (Å²) < 4.78 is 27.7. The Balaban J connectivity index is 2.41. The molecule has 0 spiro atoms. The number of hydrogen-bond acceptors (Lipinski definition) is 1. The van der Waals surface area contributed by atoms with Crippen LogP contribution >= 0.6 is 0 Å². The fourth-order valence-corrected chi connectivity index (χ4v) is 1.63. The van der Waals surface area contributed by atoms with Gasteiger partial charge < -0.3 is 4.57 Å². The summed E-state index contributed by atoms with van der Waals surface area (Å²) >= 11 is 0. The molecule has 0 radical (unpaired) electrons. The van der Waals surface area contributed by atoms with E-state index in [9.17, 15) is 13.6 Å². The zero-order chi connectivity index (χ0) is 12.4. The zero-order valence-electron chi connectivity index (χ0n) is 9.28. The Hall–Kier alpha value is -1.97. The van der Waals surface area contributed by atoms with Crippen molar-refractivity contribution in [2.45, 2.75) is 13.5 Å². The second kappa shape index (κ2) is 4.49. The van der Waals surface area contributed by atoms with E-state index in [-0.39, 0.29) is 17.7 Å². The topological polar surface area (TPSA) is 22.0 Å². The summed E-state index contributed by atoms with van der Waals surface area (Å²) in [6, 6.07) is 6.60. The molecule has 1 heterocycles. The number of aromatic nitrogens is 1. The minimum Gasteiger partial charge on any atom is -0.311 e. The summed E-state index contributed by atoms with van der Waals surface area (Å²) in [7, 11) is 0. The second-order valence-corrected chi connectivity index (χ2v) is 3.86. The van der Waals surface area contributed by atoms with Gasteiger partial charge in [0.2, 0.25) is 0 Å². The van der Waals surface area contributed by atoms with Crippen molar-refractivity contribution < 1.29 is 8.78 Å². The van der Waals surface area contributed by atoms with E-state index in [0.29, 0.717) is 5.56 Å². The Morgan fingerprint density at radius 2 is 2.00 bits per heavy atom. The lowest BCUT2D eigenvalue weighted by Gasteiger charge is -2.07. The quantitative estimate of drug-likeness (QED) is 0.783. The second-order valence-electron chi connectivity index (χ2n) is 3.86. The molecule has 2 nitrogen and oxygen atoms in total. The average molecular weight is 235 g/mol. The van der Waals surface area contributed by atoms with Crippen molar-refractivity contribution >= 4 is 0 Å². The number of nitrogens with zero attached hydrogens (tertiary/aromatic N) is 1. The van der Waals surface area contributed by atoms with Crippen molar-refractivity contribution in [2.75, 3.05) is 0 Å². The first-order chi connectivity index (χ1) is 8.08. The Kier molecular flexibility index (Phi) is 3.04. The standard InChI is InChI=1S/C13H11F2NO/c1-9-3-2-6-16(13(9)17)8-10-7-11(14)4-5-12(10)15/h2-7H,8H2,1H3. The van der Waals surface area contributed by atoms with E-state index >= 15 is 0 Å². The van der Waals surface area contributed by atoms with Crippen LogP contribution in [0.25, 0.3) is 0 Å². The van der Waals surface area contributed by atoms with E-state index in [0.717, 1.165) is 18.2 Å². The number of hydrogen-bond donors (Lipinski definition) is 0. The van der Waals surface area contributed by atoms with Gasteiger partial charge in [0, 0.05) is 17.3 Å². The highest BCUT2D eigenvalue weighted by Crippen LogP contribution is 2.10. The van der Waals surface area contributed by atoms with E-state index in [1.54, 1.807) is 25.3 Å². The van der Waals surface area contributed by atoms with Crippen molar-refractivity contribution in [1.82, 2.24) is 4.57 Å². The molecule has 0 fully saturated rings. The molecular formula is C13H11F2NO. The summed E-state index contributed by atoms with van der Waals surface area (Å²) in [6.45, 7) is 1.71. The maximum absolute atomic E-state index is 13.4. The van der Waals surface area contributed by atoms with E-state index in [4.69, 9.17) is 0 Å². The van der Waals surface area contributed by atoms with Gasteiger partial charge >= 0.3 is 0 Å². The summed E-state index contributed by atoms with van der Waals surface area (Å²) in [5.41, 5.74) is 0.540. The molecule has 1 aromatic carbocycles. The molecule has 2 rings (SSSR count). The summed E-state index contributed by atoms with van der Waals surface area (Å²) in [6.07, 6.45) is 1.56. The van der Waals surface area contributed by atoms with E-state index < -0.39 is 11.6 Å². The van der Waals surface area contributed by atoms with Gasteiger partial charge in [-0.1, -0.05) is 6.07 Å². The Morgan fingerprint density at radius 3 is 2.76 bits per heavy atom. The highest BCUT2D eigenvalue weighted by molar-refractivity contribution is 5.20. The Morgan fingerprint density at radius 1 is 1.24 bits per heavy atom. The molecule has 4 heteroatoms. The van der Waals surface area contributed by atoms with Crippen molar-refractivity contribution in [3.8, 4) is 0 Å². The first-order valence-electron chi connectivity index (χ1n) is 5.18. The summed E-state index contributed by atoms with van der Waals surface area (Å²) in [5, 5.41) is 0. The first kappa shape index (κ1) is 11.5. The van der Waals surface area contributed by atoms with Gasteiger partial charge in [0.1, 0.15) is 11.6 Å². The number of aryl methyl sites for hydroxylation is 1. The maximum Gasteiger partial charge on any atom is 0.253 e. The van der Waals surface area contributed by atoms with Gasteiger partial charge in [-0.2, -0.15) is 0 Å². The van der Waals surface area contributed by atoms with Gasteiger partial charge in [0.15, 0.2) is 0 Å². The third-order valence-corrected chi connectivity index (χ3v) is 2.56. The van der Waals surface area contributed by atoms with Crippen LogP contribution in [-0.2, 0) is 6.54 Å². The molecule has 0 saturated heterocycles. The van der Waals surface area contributed by atoms with Crippen molar-refractivity contribution in [1.29, 1.82) is 0 Å². The van der Waals surface area contributed by atoms with Crippen LogP contribution in [-0.4, -0.2) is 4.57 Å². The fourth-order valence-electron chi connectivity index (χ4n) is 1.63. The van der Waals surface area contributed by atoms with Gasteiger partial charge in [0.25, 0.3) is 5.56 Å². The van der Waals surface area contributed by atoms with Crippen LogP contribution in [0.3, 0.4) is 0 Å². The average Bonchev–Trinajstić information content (AvgIpc) is 2.30. The van der Waals surface area contributed by atoms with Gasteiger partial charge in [-0.15, -0.1) is 0 Å². The predicted molar refractivity (Wildman–Crippen MR) is 60.9 cm³/mol. The first-order valence-corrected chi connectivity index (χ1v) is 5.18. The number of halogens is 2. The molecule has 17 heavy (non-hydrogen) atoms. The third kappa shape index (κ3) is 2.41. The number of benzene rings is 1. The van der Waals surface area contributed by atoms with Crippen LogP contribution in [0.4, 0.5) is 8.78 Å². The lowest BCUT2D eigenvalue weighted by molar-refractivity contribution is 0.574.